The number of hydrogen-bond donors (Lipinski definition) is 0. The molecule has 0 saturated heterocycles. The Morgan fingerprint density at radius 1 is 0.333 bits per heavy atom. The summed E-state index contributed by atoms with van der Waals surface area (Å²) >= 11 is 0. The van der Waals surface area contributed by atoms with Gasteiger partial charge in [-0.25, -0.2) is 15.0 Å². The van der Waals surface area contributed by atoms with Crippen molar-refractivity contribution >= 4 is 87.5 Å². The third kappa shape index (κ3) is 6.55. The predicted octanol–water partition coefficient (Wildman–Crippen LogP) is 18.1. The largest absolute Gasteiger partial charge is 0.455 e. The van der Waals surface area contributed by atoms with Crippen LogP contribution in [0, 0.1) is 11.3 Å². The molecule has 0 N–H and O–H groups in total. The van der Waals surface area contributed by atoms with Crippen LogP contribution in [0.4, 0.5) is 0 Å². The summed E-state index contributed by atoms with van der Waals surface area (Å²) in [5.41, 5.74) is 15.9. The Labute approximate surface area is 445 Å². The molecule has 11 aromatic carbocycles. The second-order valence-electron chi connectivity index (χ2n) is 19.7. The molecule has 0 atom stereocenters. The van der Waals surface area contributed by atoms with E-state index in [2.05, 4.69) is 149 Å². The number of aromatic nitrogens is 5. The Morgan fingerprint density at radius 3 is 1.46 bits per heavy atom. The van der Waals surface area contributed by atoms with Crippen LogP contribution in [0.5, 0.6) is 0 Å². The Hall–Kier alpha value is -10.9. The van der Waals surface area contributed by atoms with E-state index in [0.29, 0.717) is 23.0 Å². The Bertz CT molecular complexity index is 5120. The summed E-state index contributed by atoms with van der Waals surface area (Å²) < 4.78 is 18.3. The first-order chi connectivity index (χ1) is 38.6. The highest BCUT2D eigenvalue weighted by molar-refractivity contribution is 6.25. The standard InChI is InChI=1S/C70H40N6O2/c71-41-45-21-7-8-22-47(45)44-31-36-59(76-58-28-14-10-26-54(58)65-61(76)38-35-51-49-24-12-16-30-63(49)78-67(51)65)56(39-44)55-40-46(32-33-52(55)70-73-68(42-17-3-1-4-18-42)72-69(74-70)43-19-5-2-6-20-43)75-57-27-13-9-25-53(57)64-60(75)37-34-50-48-23-11-15-29-62(48)77-66(50)64/h1-40H. The zero-order valence-electron chi connectivity index (χ0n) is 41.6. The molecule has 362 valence electrons. The van der Waals surface area contributed by atoms with Gasteiger partial charge in [-0.2, -0.15) is 5.26 Å². The molecule has 0 saturated carbocycles. The third-order valence-corrected chi connectivity index (χ3v) is 15.4. The van der Waals surface area contributed by atoms with Crippen molar-refractivity contribution in [2.75, 3.05) is 0 Å². The topological polar surface area (TPSA) is 98.6 Å². The molecule has 5 heterocycles. The van der Waals surface area contributed by atoms with Crippen LogP contribution in [0.2, 0.25) is 0 Å². The Balaban J connectivity index is 1.04. The summed E-state index contributed by atoms with van der Waals surface area (Å²) in [6.45, 7) is 0. The van der Waals surface area contributed by atoms with Gasteiger partial charge in [0.15, 0.2) is 17.5 Å². The predicted molar refractivity (Wildman–Crippen MR) is 315 cm³/mol. The van der Waals surface area contributed by atoms with Crippen molar-refractivity contribution in [3.05, 3.63) is 248 Å². The highest BCUT2D eigenvalue weighted by atomic mass is 16.3. The van der Waals surface area contributed by atoms with Crippen LogP contribution >= 0.6 is 0 Å². The van der Waals surface area contributed by atoms with E-state index in [1.165, 1.54) is 0 Å². The lowest BCUT2D eigenvalue weighted by Gasteiger charge is -2.20. The first kappa shape index (κ1) is 43.5. The van der Waals surface area contributed by atoms with Gasteiger partial charge >= 0.3 is 0 Å². The maximum Gasteiger partial charge on any atom is 0.164 e. The molecule has 0 aliphatic heterocycles. The van der Waals surface area contributed by atoms with Crippen molar-refractivity contribution in [2.24, 2.45) is 0 Å². The second-order valence-corrected chi connectivity index (χ2v) is 19.7. The summed E-state index contributed by atoms with van der Waals surface area (Å²) in [6, 6.07) is 86.1. The average molecular weight is 997 g/mol. The van der Waals surface area contributed by atoms with E-state index in [0.717, 1.165) is 138 Å². The van der Waals surface area contributed by atoms with E-state index >= 15 is 0 Å². The average Bonchev–Trinajstić information content (AvgIpc) is 4.42. The Kier molecular flexibility index (Phi) is 9.53. The van der Waals surface area contributed by atoms with Gasteiger partial charge in [0.05, 0.1) is 50.2 Å². The monoisotopic (exact) mass is 996 g/mol. The van der Waals surface area contributed by atoms with E-state index in [1.54, 1.807) is 0 Å². The van der Waals surface area contributed by atoms with E-state index in [-0.39, 0.29) is 0 Å². The molecule has 78 heavy (non-hydrogen) atoms. The molecule has 0 aliphatic carbocycles. The van der Waals surface area contributed by atoms with Crippen LogP contribution in [-0.2, 0) is 0 Å². The van der Waals surface area contributed by atoms with Crippen molar-refractivity contribution < 1.29 is 8.83 Å². The quantitative estimate of drug-likeness (QED) is 0.158. The molecule has 5 aromatic heterocycles. The van der Waals surface area contributed by atoms with Gasteiger partial charge < -0.3 is 18.0 Å². The fourth-order valence-corrected chi connectivity index (χ4v) is 12.0. The van der Waals surface area contributed by atoms with Crippen LogP contribution in [0.25, 0.3) is 155 Å². The van der Waals surface area contributed by atoms with Crippen LogP contribution < -0.4 is 0 Å². The van der Waals surface area contributed by atoms with Crippen LogP contribution in [0.3, 0.4) is 0 Å². The molecule has 0 amide bonds. The molecule has 8 heteroatoms. The fraction of sp³-hybridized carbons (Fsp3) is 0. The molecule has 0 unspecified atom stereocenters. The summed E-state index contributed by atoms with van der Waals surface area (Å²) in [5, 5.41) is 19.1. The lowest BCUT2D eigenvalue weighted by atomic mass is 9.92. The second kappa shape index (κ2) is 17.1. The number of furan rings is 2. The highest BCUT2D eigenvalue weighted by Crippen LogP contribution is 2.47. The number of fused-ring (bicyclic) bond motifs is 14. The first-order valence-corrected chi connectivity index (χ1v) is 26.0. The van der Waals surface area contributed by atoms with Gasteiger partial charge in [-0.1, -0.05) is 158 Å². The summed E-state index contributed by atoms with van der Waals surface area (Å²) in [7, 11) is 0. The minimum Gasteiger partial charge on any atom is -0.455 e. The number of hydrogen-bond acceptors (Lipinski definition) is 6. The lowest BCUT2D eigenvalue weighted by Crippen LogP contribution is -2.04. The van der Waals surface area contributed by atoms with Gasteiger partial charge in [-0.05, 0) is 102 Å². The van der Waals surface area contributed by atoms with Crippen molar-refractivity contribution in [3.8, 4) is 73.9 Å². The van der Waals surface area contributed by atoms with Crippen molar-refractivity contribution in [1.82, 2.24) is 24.1 Å². The maximum absolute atomic E-state index is 10.6. The summed E-state index contributed by atoms with van der Waals surface area (Å²) in [6.07, 6.45) is 0. The van der Waals surface area contributed by atoms with E-state index in [9.17, 15) is 5.26 Å². The number of benzene rings is 11. The SMILES string of the molecule is N#Cc1ccccc1-c1ccc(-n2c3ccccc3c3c4oc5ccccc5c4ccc32)c(-c2cc(-n3c4ccccc4c4c5oc6ccccc6c5ccc43)ccc2-c2nc(-c3ccccc3)nc(-c3ccccc3)n2)c1. The molecule has 16 aromatic rings. The van der Waals surface area contributed by atoms with Crippen LogP contribution in [-0.4, -0.2) is 24.1 Å². The van der Waals surface area contributed by atoms with Gasteiger partial charge in [-0.3, -0.25) is 0 Å². The summed E-state index contributed by atoms with van der Waals surface area (Å²) in [4.78, 5) is 15.9. The van der Waals surface area contributed by atoms with Crippen molar-refractivity contribution in [3.63, 3.8) is 0 Å². The van der Waals surface area contributed by atoms with Gasteiger partial charge in [0, 0.05) is 60.3 Å². The minimum absolute atomic E-state index is 0.510. The highest BCUT2D eigenvalue weighted by Gasteiger charge is 2.26. The molecule has 8 nitrogen and oxygen atoms in total. The molecular formula is C70H40N6O2. The fourth-order valence-electron chi connectivity index (χ4n) is 12.0. The third-order valence-electron chi connectivity index (χ3n) is 15.4. The van der Waals surface area contributed by atoms with Gasteiger partial charge in [0.2, 0.25) is 0 Å². The zero-order valence-corrected chi connectivity index (χ0v) is 41.6. The van der Waals surface area contributed by atoms with Crippen LogP contribution in [0.15, 0.2) is 251 Å². The molecule has 0 aliphatic rings. The van der Waals surface area contributed by atoms with Gasteiger partial charge in [0.25, 0.3) is 0 Å². The summed E-state index contributed by atoms with van der Waals surface area (Å²) in [5.74, 6) is 1.62. The molecular weight excluding hydrogens is 957 g/mol. The number of nitriles is 1. The normalized spacial score (nSPS) is 11.8. The Morgan fingerprint density at radius 2 is 0.846 bits per heavy atom. The number of nitrogens with zero attached hydrogens (tertiary/aromatic N) is 6. The molecule has 0 fully saturated rings. The lowest BCUT2D eigenvalue weighted by molar-refractivity contribution is 0.672. The molecule has 0 radical (unpaired) electrons. The number of para-hydroxylation sites is 4. The van der Waals surface area contributed by atoms with Crippen molar-refractivity contribution in [2.45, 2.75) is 0 Å². The molecule has 0 bridgehead atoms. The van der Waals surface area contributed by atoms with E-state index < -0.39 is 0 Å². The number of rotatable bonds is 7. The minimum atomic E-state index is 0.510. The van der Waals surface area contributed by atoms with Gasteiger partial charge in [0.1, 0.15) is 22.3 Å². The van der Waals surface area contributed by atoms with E-state index in [1.807, 2.05) is 109 Å². The van der Waals surface area contributed by atoms with Crippen molar-refractivity contribution in [1.29, 1.82) is 5.26 Å². The van der Waals surface area contributed by atoms with E-state index in [4.69, 9.17) is 23.8 Å². The maximum atomic E-state index is 10.6. The molecule has 16 rings (SSSR count). The molecule has 0 spiro atoms. The smallest absolute Gasteiger partial charge is 0.164 e. The first-order valence-electron chi connectivity index (χ1n) is 26.0. The van der Waals surface area contributed by atoms with Gasteiger partial charge in [-0.15, -0.1) is 0 Å². The zero-order chi connectivity index (χ0) is 51.4. The van der Waals surface area contributed by atoms with Crippen LogP contribution in [0.1, 0.15) is 5.56 Å².